The lowest BCUT2D eigenvalue weighted by molar-refractivity contribution is -0.385. The van der Waals surface area contributed by atoms with E-state index in [-0.39, 0.29) is 23.4 Å². The number of hydrogen-bond donors (Lipinski definition) is 1. The second kappa shape index (κ2) is 5.96. The Morgan fingerprint density at radius 3 is 2.76 bits per heavy atom. The van der Waals surface area contributed by atoms with Crippen LogP contribution < -0.4 is 5.32 Å². The van der Waals surface area contributed by atoms with Gasteiger partial charge in [-0.1, -0.05) is 0 Å². The molecule has 1 amide bonds. The summed E-state index contributed by atoms with van der Waals surface area (Å²) in [6, 6.07) is 2.04. The molecule has 2 rings (SSSR count). The fourth-order valence-electron chi connectivity index (χ4n) is 1.77. The van der Waals surface area contributed by atoms with E-state index in [2.05, 4.69) is 10.3 Å². The number of rotatable bonds is 4. The molecule has 1 aromatic heterocycles. The predicted octanol–water partition coefficient (Wildman–Crippen LogP) is 2.74. The van der Waals surface area contributed by atoms with Gasteiger partial charge in [0.25, 0.3) is 11.6 Å². The van der Waals surface area contributed by atoms with Gasteiger partial charge in [0.1, 0.15) is 5.82 Å². The molecule has 6 nitrogen and oxygen atoms in total. The first-order valence-electron chi connectivity index (χ1n) is 6.02. The molecule has 8 heteroatoms. The molecule has 1 N–H and O–H groups in total. The molecule has 0 atom stereocenters. The summed E-state index contributed by atoms with van der Waals surface area (Å²) in [6.45, 7) is 3.39. The lowest BCUT2D eigenvalue weighted by Gasteiger charge is -2.07. The second-order valence-corrected chi connectivity index (χ2v) is 5.36. The molecule has 0 unspecified atom stereocenters. The van der Waals surface area contributed by atoms with Crippen molar-refractivity contribution in [2.24, 2.45) is 0 Å². The Hall–Kier alpha value is -2.35. The summed E-state index contributed by atoms with van der Waals surface area (Å²) in [7, 11) is 0. The lowest BCUT2D eigenvalue weighted by atomic mass is 10.1. The number of non-ortho nitro benzene ring substituents is 1. The summed E-state index contributed by atoms with van der Waals surface area (Å²) in [4.78, 5) is 27.0. The minimum Gasteiger partial charge on any atom is -0.347 e. The molecule has 0 radical (unpaired) electrons. The number of aryl methyl sites for hydroxylation is 2. The molecule has 1 heterocycles. The Morgan fingerprint density at radius 1 is 1.48 bits per heavy atom. The summed E-state index contributed by atoms with van der Waals surface area (Å²) in [6.07, 6.45) is 0. The number of amides is 1. The number of nitrogens with one attached hydrogen (secondary N) is 1. The minimum absolute atomic E-state index is 0.0586. The SMILES string of the molecule is Cc1cc([N+](=O)[O-])cc(C(=O)NCc2scnc2C)c1F. The number of hydrogen-bond acceptors (Lipinski definition) is 5. The fraction of sp³-hybridized carbons (Fsp3) is 0.231. The van der Waals surface area contributed by atoms with Crippen LogP contribution in [-0.2, 0) is 6.54 Å². The van der Waals surface area contributed by atoms with E-state index in [0.29, 0.717) is 0 Å². The van der Waals surface area contributed by atoms with Crippen LogP contribution >= 0.6 is 11.3 Å². The van der Waals surface area contributed by atoms with Gasteiger partial charge in [-0.25, -0.2) is 9.37 Å². The van der Waals surface area contributed by atoms with Gasteiger partial charge in [0, 0.05) is 17.0 Å². The van der Waals surface area contributed by atoms with Gasteiger partial charge in [0.05, 0.1) is 28.2 Å². The Labute approximate surface area is 123 Å². The van der Waals surface area contributed by atoms with E-state index in [4.69, 9.17) is 0 Å². The van der Waals surface area contributed by atoms with E-state index in [0.717, 1.165) is 22.7 Å². The summed E-state index contributed by atoms with van der Waals surface area (Å²) >= 11 is 1.37. The van der Waals surface area contributed by atoms with Crippen LogP contribution in [0.15, 0.2) is 17.6 Å². The van der Waals surface area contributed by atoms with Crippen molar-refractivity contribution in [3.8, 4) is 0 Å². The zero-order valence-corrected chi connectivity index (χ0v) is 12.2. The molecule has 0 aliphatic carbocycles. The third kappa shape index (κ3) is 3.22. The van der Waals surface area contributed by atoms with Crippen molar-refractivity contribution in [1.29, 1.82) is 0 Å². The standard InChI is InChI=1S/C13H12FN3O3S/c1-7-3-9(17(19)20)4-10(12(7)14)13(18)15-5-11-8(2)16-6-21-11/h3-4,6H,5H2,1-2H3,(H,15,18). The van der Waals surface area contributed by atoms with Crippen molar-refractivity contribution in [3.63, 3.8) is 0 Å². The smallest absolute Gasteiger partial charge is 0.270 e. The maximum Gasteiger partial charge on any atom is 0.270 e. The van der Waals surface area contributed by atoms with Crippen molar-refractivity contribution in [1.82, 2.24) is 10.3 Å². The number of nitro groups is 1. The van der Waals surface area contributed by atoms with E-state index in [9.17, 15) is 19.3 Å². The van der Waals surface area contributed by atoms with Crippen LogP contribution in [-0.4, -0.2) is 15.8 Å². The lowest BCUT2D eigenvalue weighted by Crippen LogP contribution is -2.24. The number of nitro benzene ring substituents is 1. The number of thiazole rings is 1. The van der Waals surface area contributed by atoms with Gasteiger partial charge >= 0.3 is 0 Å². The van der Waals surface area contributed by atoms with Crippen LogP contribution in [0.1, 0.15) is 26.5 Å². The minimum atomic E-state index is -0.751. The molecular weight excluding hydrogens is 297 g/mol. The Morgan fingerprint density at radius 2 is 2.19 bits per heavy atom. The largest absolute Gasteiger partial charge is 0.347 e. The summed E-state index contributed by atoms with van der Waals surface area (Å²) in [5, 5.41) is 13.3. The van der Waals surface area contributed by atoms with Gasteiger partial charge < -0.3 is 5.32 Å². The summed E-state index contributed by atoms with van der Waals surface area (Å²) < 4.78 is 13.9. The van der Waals surface area contributed by atoms with Gasteiger partial charge in [0.15, 0.2) is 0 Å². The van der Waals surface area contributed by atoms with Gasteiger partial charge in [-0.2, -0.15) is 0 Å². The molecule has 1 aromatic carbocycles. The molecule has 0 fully saturated rings. The molecule has 0 aliphatic heterocycles. The molecule has 2 aromatic rings. The third-order valence-corrected chi connectivity index (χ3v) is 3.88. The highest BCUT2D eigenvalue weighted by Crippen LogP contribution is 2.21. The van der Waals surface area contributed by atoms with Crippen LogP contribution in [0.3, 0.4) is 0 Å². The second-order valence-electron chi connectivity index (χ2n) is 4.42. The average Bonchev–Trinajstić information content (AvgIpc) is 2.84. The first-order valence-corrected chi connectivity index (χ1v) is 6.89. The van der Waals surface area contributed by atoms with Gasteiger partial charge in [-0.15, -0.1) is 11.3 Å². The first kappa shape index (κ1) is 15.0. The Bertz CT molecular complexity index is 715. The number of carbonyl (C=O) groups is 1. The highest BCUT2D eigenvalue weighted by Gasteiger charge is 2.19. The summed E-state index contributed by atoms with van der Waals surface area (Å²) in [5.41, 5.74) is 1.85. The van der Waals surface area contributed by atoms with Crippen LogP contribution in [0.2, 0.25) is 0 Å². The quantitative estimate of drug-likeness (QED) is 0.695. The van der Waals surface area contributed by atoms with Crippen molar-refractivity contribution >= 4 is 22.9 Å². The first-order chi connectivity index (χ1) is 9.90. The van der Waals surface area contributed by atoms with E-state index >= 15 is 0 Å². The number of carbonyl (C=O) groups excluding carboxylic acids is 1. The molecule has 0 aliphatic rings. The monoisotopic (exact) mass is 309 g/mol. The number of halogens is 1. The number of benzene rings is 1. The van der Waals surface area contributed by atoms with E-state index in [1.165, 1.54) is 18.3 Å². The van der Waals surface area contributed by atoms with Gasteiger partial charge in [-0.3, -0.25) is 14.9 Å². The van der Waals surface area contributed by atoms with Crippen LogP contribution in [0.5, 0.6) is 0 Å². The Balaban J connectivity index is 2.22. The van der Waals surface area contributed by atoms with E-state index < -0.39 is 16.6 Å². The van der Waals surface area contributed by atoms with Crippen LogP contribution in [0.4, 0.5) is 10.1 Å². The molecule has 0 saturated carbocycles. The highest BCUT2D eigenvalue weighted by molar-refractivity contribution is 7.09. The maximum absolute atomic E-state index is 13.9. The van der Waals surface area contributed by atoms with Gasteiger partial charge in [-0.05, 0) is 19.4 Å². The molecule has 21 heavy (non-hydrogen) atoms. The zero-order valence-electron chi connectivity index (χ0n) is 11.3. The van der Waals surface area contributed by atoms with E-state index in [1.54, 1.807) is 12.4 Å². The maximum atomic E-state index is 13.9. The van der Waals surface area contributed by atoms with Crippen molar-refractivity contribution in [3.05, 3.63) is 55.3 Å². The average molecular weight is 309 g/mol. The predicted molar refractivity (Wildman–Crippen MR) is 75.8 cm³/mol. The normalized spacial score (nSPS) is 10.4. The highest BCUT2D eigenvalue weighted by atomic mass is 32.1. The number of nitrogens with zero attached hydrogens (tertiary/aromatic N) is 2. The topological polar surface area (TPSA) is 85.1 Å². The zero-order chi connectivity index (χ0) is 15.6. The van der Waals surface area contributed by atoms with Crippen molar-refractivity contribution in [2.45, 2.75) is 20.4 Å². The van der Waals surface area contributed by atoms with Crippen LogP contribution in [0.25, 0.3) is 0 Å². The molecular formula is C13H12FN3O3S. The van der Waals surface area contributed by atoms with Crippen molar-refractivity contribution < 1.29 is 14.1 Å². The molecule has 0 bridgehead atoms. The molecule has 0 spiro atoms. The third-order valence-electron chi connectivity index (χ3n) is 2.95. The fourth-order valence-corrected chi connectivity index (χ4v) is 2.49. The molecule has 110 valence electrons. The molecule has 0 saturated heterocycles. The van der Waals surface area contributed by atoms with Crippen LogP contribution in [0, 0.1) is 29.8 Å². The van der Waals surface area contributed by atoms with Gasteiger partial charge in [0.2, 0.25) is 0 Å². The summed E-state index contributed by atoms with van der Waals surface area (Å²) in [5.74, 6) is -1.44. The number of aromatic nitrogens is 1. The van der Waals surface area contributed by atoms with Crippen molar-refractivity contribution in [2.75, 3.05) is 0 Å². The van der Waals surface area contributed by atoms with E-state index in [1.807, 2.05) is 0 Å². The Kier molecular flexibility index (Phi) is 4.27.